The molecule has 1 saturated heterocycles. The fourth-order valence-corrected chi connectivity index (χ4v) is 7.08. The first kappa shape index (κ1) is 30.8. The molecule has 0 radical (unpaired) electrons. The number of anilines is 1. The minimum absolute atomic E-state index is 0.0811. The van der Waals surface area contributed by atoms with E-state index in [9.17, 15) is 28.5 Å². The number of aryl methyl sites for hydroxylation is 1. The van der Waals surface area contributed by atoms with Crippen LogP contribution in [0.2, 0.25) is 0 Å². The minimum atomic E-state index is -4.71. The van der Waals surface area contributed by atoms with Crippen LogP contribution in [0.3, 0.4) is 0 Å². The molecule has 11 nitrogen and oxygen atoms in total. The number of likely N-dealkylation sites (tertiary alicyclic amines) is 1. The lowest BCUT2D eigenvalue weighted by Crippen LogP contribution is -2.24. The first-order valence-corrected chi connectivity index (χ1v) is 16.1. The highest BCUT2D eigenvalue weighted by molar-refractivity contribution is 5.83. The second kappa shape index (κ2) is 11.0. The number of hydrogen-bond donors (Lipinski definition) is 1. The summed E-state index contributed by atoms with van der Waals surface area (Å²) in [6.07, 6.45) is 4.58. The van der Waals surface area contributed by atoms with Crippen LogP contribution in [0.15, 0.2) is 59.9 Å². The Morgan fingerprint density at radius 3 is 2.49 bits per heavy atom. The third-order valence-corrected chi connectivity index (χ3v) is 10.1. The maximum atomic E-state index is 14.6. The SMILES string of the molecule is Cn1cnnc1-c1ccc(C#N)cc1-c1cc(NC2(CC#N)CC2)nc(-n2cc3c(C(F)(F)F)cc(CN4CCC5(CC5)C4)cn3c2=O)c1. The Hall–Kier alpha value is -5.47. The van der Waals surface area contributed by atoms with Crippen molar-refractivity contribution in [3.8, 4) is 40.5 Å². The van der Waals surface area contributed by atoms with Gasteiger partial charge in [0.25, 0.3) is 0 Å². The van der Waals surface area contributed by atoms with Gasteiger partial charge in [-0.05, 0) is 97.2 Å². The van der Waals surface area contributed by atoms with Crippen molar-refractivity contribution in [2.75, 3.05) is 18.4 Å². The molecule has 1 aromatic carbocycles. The molecule has 0 unspecified atom stereocenters. The van der Waals surface area contributed by atoms with Crippen LogP contribution in [-0.4, -0.2) is 52.2 Å². The highest BCUT2D eigenvalue weighted by Gasteiger charge is 2.47. The average molecular weight is 665 g/mol. The number of alkyl halides is 3. The van der Waals surface area contributed by atoms with Crippen molar-refractivity contribution in [3.63, 3.8) is 0 Å². The highest BCUT2D eigenvalue weighted by Crippen LogP contribution is 2.53. The fourth-order valence-electron chi connectivity index (χ4n) is 7.08. The molecule has 49 heavy (non-hydrogen) atoms. The number of benzene rings is 1. The van der Waals surface area contributed by atoms with Crippen molar-refractivity contribution >= 4 is 11.3 Å². The van der Waals surface area contributed by atoms with E-state index in [-0.39, 0.29) is 17.8 Å². The van der Waals surface area contributed by atoms with Crippen LogP contribution in [0.1, 0.15) is 55.2 Å². The second-order valence-electron chi connectivity index (χ2n) is 13.7. The zero-order valence-corrected chi connectivity index (χ0v) is 26.6. The Morgan fingerprint density at radius 2 is 1.84 bits per heavy atom. The number of aromatic nitrogens is 6. The van der Waals surface area contributed by atoms with E-state index in [0.717, 1.165) is 60.2 Å². The number of nitriles is 2. The van der Waals surface area contributed by atoms with Gasteiger partial charge in [-0.1, -0.05) is 0 Å². The summed E-state index contributed by atoms with van der Waals surface area (Å²) in [5.74, 6) is 0.946. The van der Waals surface area contributed by atoms with E-state index < -0.39 is 23.0 Å². The van der Waals surface area contributed by atoms with Crippen LogP contribution in [-0.2, 0) is 19.8 Å². The molecule has 5 heterocycles. The average Bonchev–Trinajstić information content (AvgIpc) is 3.87. The van der Waals surface area contributed by atoms with Gasteiger partial charge in [-0.15, -0.1) is 10.2 Å². The summed E-state index contributed by atoms with van der Waals surface area (Å²) in [5.41, 5.74) is 0.493. The van der Waals surface area contributed by atoms with Gasteiger partial charge >= 0.3 is 11.9 Å². The summed E-state index contributed by atoms with van der Waals surface area (Å²) in [4.78, 5) is 20.9. The van der Waals surface area contributed by atoms with Gasteiger partial charge in [-0.2, -0.15) is 23.7 Å². The summed E-state index contributed by atoms with van der Waals surface area (Å²) in [7, 11) is 1.79. The molecule has 1 aliphatic heterocycles. The maximum absolute atomic E-state index is 14.6. The number of rotatable bonds is 8. The summed E-state index contributed by atoms with van der Waals surface area (Å²) in [6.45, 7) is 1.99. The summed E-state index contributed by atoms with van der Waals surface area (Å²) in [5, 5.41) is 30.8. The number of nitrogens with zero attached hydrogens (tertiary/aromatic N) is 9. The molecular formula is C35H31F3N10O. The van der Waals surface area contributed by atoms with E-state index in [1.54, 1.807) is 48.3 Å². The molecule has 3 fully saturated rings. The molecule has 248 valence electrons. The van der Waals surface area contributed by atoms with Gasteiger partial charge in [-0.3, -0.25) is 13.9 Å². The minimum Gasteiger partial charge on any atom is -0.364 e. The Kier molecular flexibility index (Phi) is 6.94. The molecule has 0 bridgehead atoms. The third kappa shape index (κ3) is 5.62. The van der Waals surface area contributed by atoms with E-state index in [1.807, 2.05) is 0 Å². The molecule has 0 amide bonds. The van der Waals surface area contributed by atoms with Crippen molar-refractivity contribution in [2.45, 2.75) is 56.8 Å². The molecule has 5 aromatic rings. The summed E-state index contributed by atoms with van der Waals surface area (Å²) in [6, 6.07) is 14.0. The van der Waals surface area contributed by atoms with Gasteiger partial charge in [-0.25, -0.2) is 9.78 Å². The zero-order chi connectivity index (χ0) is 34.1. The summed E-state index contributed by atoms with van der Waals surface area (Å²) >= 11 is 0. The highest BCUT2D eigenvalue weighted by atomic mass is 19.4. The van der Waals surface area contributed by atoms with Crippen LogP contribution in [0.4, 0.5) is 19.0 Å². The topological polar surface area (TPSA) is 133 Å². The lowest BCUT2D eigenvalue weighted by Gasteiger charge is -2.18. The van der Waals surface area contributed by atoms with Crippen LogP contribution in [0, 0.1) is 28.1 Å². The monoisotopic (exact) mass is 664 g/mol. The first-order valence-electron chi connectivity index (χ1n) is 16.1. The maximum Gasteiger partial charge on any atom is 0.418 e. The molecule has 0 atom stereocenters. The standard InChI is InChI=1S/C35H31F3N10O/c1-45-21-41-44-31(45)25-3-2-22(16-40)12-26(25)24-14-29(43-34(6-7-34)8-10-39)42-30(15-24)48-19-28-27(35(36,37)38)13-23(18-47(28)32(48)49)17-46-11-9-33(20-46)4-5-33/h2-3,12-15,18-19,21H,4-9,11,17,20H2,1H3,(H,42,43). The number of pyridine rings is 2. The molecule has 2 saturated carbocycles. The molecule has 1 spiro atoms. The number of hydrogen-bond acceptors (Lipinski definition) is 8. The first-order chi connectivity index (χ1) is 23.5. The molecule has 4 aromatic heterocycles. The quantitative estimate of drug-likeness (QED) is 0.224. The molecule has 14 heteroatoms. The van der Waals surface area contributed by atoms with E-state index in [1.165, 1.54) is 12.4 Å². The smallest absolute Gasteiger partial charge is 0.364 e. The molecule has 1 N–H and O–H groups in total. The van der Waals surface area contributed by atoms with Crippen LogP contribution >= 0.6 is 0 Å². The largest absolute Gasteiger partial charge is 0.418 e. The van der Waals surface area contributed by atoms with Crippen LogP contribution in [0.25, 0.3) is 33.8 Å². The molecule has 8 rings (SSSR count). The lowest BCUT2D eigenvalue weighted by molar-refractivity contribution is -0.136. The third-order valence-electron chi connectivity index (χ3n) is 10.1. The fraction of sp³-hybridized carbons (Fsp3) is 0.371. The zero-order valence-electron chi connectivity index (χ0n) is 26.6. The van der Waals surface area contributed by atoms with E-state index in [0.29, 0.717) is 51.4 Å². The van der Waals surface area contributed by atoms with Gasteiger partial charge in [0.1, 0.15) is 18.0 Å². The number of halogens is 3. The Balaban J connectivity index is 1.29. The van der Waals surface area contributed by atoms with E-state index in [4.69, 9.17) is 4.98 Å². The molecule has 3 aliphatic rings. The second-order valence-corrected chi connectivity index (χ2v) is 13.7. The lowest BCUT2D eigenvalue weighted by atomic mass is 9.97. The number of imidazole rings is 1. The van der Waals surface area contributed by atoms with Gasteiger partial charge < -0.3 is 9.88 Å². The summed E-state index contributed by atoms with van der Waals surface area (Å²) < 4.78 is 47.6. The van der Waals surface area contributed by atoms with Crippen molar-refractivity contribution < 1.29 is 13.2 Å². The Labute approximate surface area is 278 Å². The normalized spacial score (nSPS) is 17.7. The predicted octanol–water partition coefficient (Wildman–Crippen LogP) is 5.68. The molecule has 2 aliphatic carbocycles. The van der Waals surface area contributed by atoms with E-state index in [2.05, 4.69) is 32.6 Å². The van der Waals surface area contributed by atoms with Gasteiger partial charge in [0.15, 0.2) is 5.82 Å². The van der Waals surface area contributed by atoms with Crippen LogP contribution in [0.5, 0.6) is 0 Å². The Bertz CT molecular complexity index is 2280. The van der Waals surface area contributed by atoms with Crippen LogP contribution < -0.4 is 11.0 Å². The van der Waals surface area contributed by atoms with Gasteiger partial charge in [0.05, 0.1) is 40.7 Å². The van der Waals surface area contributed by atoms with Crippen molar-refractivity contribution in [2.24, 2.45) is 12.5 Å². The van der Waals surface area contributed by atoms with Gasteiger partial charge in [0, 0.05) is 38.1 Å². The predicted molar refractivity (Wildman–Crippen MR) is 173 cm³/mol. The van der Waals surface area contributed by atoms with E-state index >= 15 is 0 Å². The Morgan fingerprint density at radius 1 is 1.02 bits per heavy atom. The van der Waals surface area contributed by atoms with Crippen molar-refractivity contribution in [1.29, 1.82) is 10.5 Å². The van der Waals surface area contributed by atoms with Crippen molar-refractivity contribution in [1.82, 2.24) is 33.6 Å². The van der Waals surface area contributed by atoms with Gasteiger partial charge in [0.2, 0.25) is 0 Å². The number of nitrogens with one attached hydrogen (secondary N) is 1. The van der Waals surface area contributed by atoms with Crippen molar-refractivity contribution in [3.05, 3.63) is 82.3 Å². The number of fused-ring (bicyclic) bond motifs is 1. The molecular weight excluding hydrogens is 633 g/mol.